The van der Waals surface area contributed by atoms with Gasteiger partial charge in [-0.1, -0.05) is 40.2 Å². The molecule has 0 atom stereocenters. The van der Waals surface area contributed by atoms with Gasteiger partial charge >= 0.3 is 0 Å². The van der Waals surface area contributed by atoms with Crippen LogP contribution >= 0.6 is 15.9 Å². The largest absolute Gasteiger partial charge is 0.371 e. The molecule has 20 heavy (non-hydrogen) atoms. The molecule has 1 fully saturated rings. The minimum absolute atomic E-state index is 0.367. The van der Waals surface area contributed by atoms with Gasteiger partial charge in [0.05, 0.1) is 0 Å². The van der Waals surface area contributed by atoms with Crippen LogP contribution in [-0.4, -0.2) is 19.1 Å². The molecule has 0 aromatic heterocycles. The third-order valence-corrected chi connectivity index (χ3v) is 4.51. The molecule has 103 valence electrons. The minimum Gasteiger partial charge on any atom is -0.371 e. The highest BCUT2D eigenvalue weighted by Crippen LogP contribution is 2.30. The smallest absolute Gasteiger partial charge is 0.0372 e. The Labute approximate surface area is 128 Å². The van der Waals surface area contributed by atoms with Crippen LogP contribution in [0, 0.1) is 6.07 Å². The van der Waals surface area contributed by atoms with Gasteiger partial charge in [0.2, 0.25) is 0 Å². The molecule has 0 saturated carbocycles. The Morgan fingerprint density at radius 1 is 1.15 bits per heavy atom. The average Bonchev–Trinajstić information content (AvgIpc) is 2.49. The van der Waals surface area contributed by atoms with Crippen molar-refractivity contribution in [3.63, 3.8) is 0 Å². The molecule has 1 saturated heterocycles. The Morgan fingerprint density at radius 3 is 2.70 bits per heavy atom. The molecule has 0 spiro atoms. The van der Waals surface area contributed by atoms with Crippen LogP contribution in [0.25, 0.3) is 11.1 Å². The molecule has 2 N–H and O–H groups in total. The number of halogens is 1. The maximum absolute atomic E-state index is 5.98. The van der Waals surface area contributed by atoms with Crippen LogP contribution in [0.5, 0.6) is 0 Å². The fourth-order valence-corrected chi connectivity index (χ4v) is 3.15. The van der Waals surface area contributed by atoms with Crippen molar-refractivity contribution in [2.24, 2.45) is 5.73 Å². The zero-order chi connectivity index (χ0) is 13.9. The van der Waals surface area contributed by atoms with Gasteiger partial charge in [0.1, 0.15) is 0 Å². The third-order valence-electron chi connectivity index (χ3n) is 3.84. The lowest BCUT2D eigenvalue weighted by Gasteiger charge is -2.32. The van der Waals surface area contributed by atoms with E-state index >= 15 is 0 Å². The van der Waals surface area contributed by atoms with Crippen molar-refractivity contribution in [1.82, 2.24) is 0 Å². The van der Waals surface area contributed by atoms with Gasteiger partial charge in [-0.2, -0.15) is 0 Å². The summed E-state index contributed by atoms with van der Waals surface area (Å²) in [5, 5.41) is 0. The summed E-state index contributed by atoms with van der Waals surface area (Å²) in [7, 11) is 0. The lowest BCUT2D eigenvalue weighted by Crippen LogP contribution is -2.39. The molecule has 2 aromatic rings. The van der Waals surface area contributed by atoms with Gasteiger partial charge in [0.15, 0.2) is 0 Å². The van der Waals surface area contributed by atoms with Gasteiger partial charge < -0.3 is 10.6 Å². The first-order chi connectivity index (χ1) is 9.74. The first-order valence-electron chi connectivity index (χ1n) is 7.01. The second-order valence-corrected chi connectivity index (χ2v) is 6.12. The lowest BCUT2D eigenvalue weighted by atomic mass is 10.0. The standard InChI is InChI=1S/C17H18BrN2/c18-17-7-2-1-6-16(17)13-4-3-5-15(12-13)20-10-8-14(19)9-11-20/h1-5,7,12,14H,8-11,19H2. The maximum Gasteiger partial charge on any atom is 0.0372 e. The van der Waals surface area contributed by atoms with Crippen molar-refractivity contribution in [2.75, 3.05) is 18.0 Å². The van der Waals surface area contributed by atoms with Gasteiger partial charge in [0.25, 0.3) is 0 Å². The first kappa shape index (κ1) is 13.7. The number of benzene rings is 2. The molecule has 0 amide bonds. The summed E-state index contributed by atoms with van der Waals surface area (Å²) in [6.07, 6.45) is 2.15. The Hall–Kier alpha value is -1.32. The van der Waals surface area contributed by atoms with E-state index in [0.717, 1.165) is 36.0 Å². The molecule has 1 aliphatic rings. The SMILES string of the molecule is NC1CCN(c2cccc(-c3[c]cccc3Br)c2)CC1. The molecular formula is C17H18BrN2. The predicted octanol–water partition coefficient (Wildman–Crippen LogP) is 3.84. The number of hydrogen-bond donors (Lipinski definition) is 1. The van der Waals surface area contributed by atoms with Crippen molar-refractivity contribution < 1.29 is 0 Å². The highest BCUT2D eigenvalue weighted by Gasteiger charge is 2.16. The summed E-state index contributed by atoms with van der Waals surface area (Å²) >= 11 is 3.60. The van der Waals surface area contributed by atoms with Crippen molar-refractivity contribution in [3.8, 4) is 11.1 Å². The minimum atomic E-state index is 0.367. The Kier molecular flexibility index (Phi) is 4.08. The Balaban J connectivity index is 1.88. The molecule has 1 radical (unpaired) electrons. The second-order valence-electron chi connectivity index (χ2n) is 5.27. The first-order valence-corrected chi connectivity index (χ1v) is 7.80. The van der Waals surface area contributed by atoms with Crippen LogP contribution in [0.4, 0.5) is 5.69 Å². The predicted molar refractivity (Wildman–Crippen MR) is 87.8 cm³/mol. The monoisotopic (exact) mass is 329 g/mol. The molecule has 2 nitrogen and oxygen atoms in total. The number of hydrogen-bond acceptors (Lipinski definition) is 2. The quantitative estimate of drug-likeness (QED) is 0.906. The van der Waals surface area contributed by atoms with E-state index < -0.39 is 0 Å². The fourth-order valence-electron chi connectivity index (χ4n) is 2.65. The van der Waals surface area contributed by atoms with E-state index in [4.69, 9.17) is 5.73 Å². The molecule has 3 rings (SSSR count). The second kappa shape index (κ2) is 5.98. The normalized spacial score (nSPS) is 16.4. The molecule has 0 unspecified atom stereocenters. The summed E-state index contributed by atoms with van der Waals surface area (Å²) < 4.78 is 1.08. The van der Waals surface area contributed by atoms with Crippen LogP contribution in [0.2, 0.25) is 0 Å². The topological polar surface area (TPSA) is 29.3 Å². The zero-order valence-electron chi connectivity index (χ0n) is 11.3. The van der Waals surface area contributed by atoms with E-state index in [9.17, 15) is 0 Å². The van der Waals surface area contributed by atoms with Crippen molar-refractivity contribution in [1.29, 1.82) is 0 Å². The number of anilines is 1. The Bertz CT molecular complexity index is 589. The Morgan fingerprint density at radius 2 is 1.95 bits per heavy atom. The van der Waals surface area contributed by atoms with E-state index in [2.05, 4.69) is 57.2 Å². The average molecular weight is 330 g/mol. The van der Waals surface area contributed by atoms with E-state index in [1.807, 2.05) is 12.1 Å². The van der Waals surface area contributed by atoms with Gasteiger partial charge in [-0.25, -0.2) is 0 Å². The zero-order valence-corrected chi connectivity index (χ0v) is 12.9. The van der Waals surface area contributed by atoms with Crippen molar-refractivity contribution >= 4 is 21.6 Å². The van der Waals surface area contributed by atoms with E-state index in [1.165, 1.54) is 11.3 Å². The maximum atomic E-state index is 5.98. The molecule has 1 aliphatic heterocycles. The summed E-state index contributed by atoms with van der Waals surface area (Å²) in [6, 6.07) is 18.3. The third kappa shape index (κ3) is 2.89. The van der Waals surface area contributed by atoms with Gasteiger partial charge in [-0.3, -0.25) is 0 Å². The molecule has 2 aromatic carbocycles. The fraction of sp³-hybridized carbons (Fsp3) is 0.294. The summed E-state index contributed by atoms with van der Waals surface area (Å²) in [6.45, 7) is 2.09. The van der Waals surface area contributed by atoms with Crippen LogP contribution in [0.15, 0.2) is 46.9 Å². The summed E-state index contributed by atoms with van der Waals surface area (Å²) in [5.41, 5.74) is 9.57. The van der Waals surface area contributed by atoms with E-state index in [1.54, 1.807) is 0 Å². The van der Waals surface area contributed by atoms with Gasteiger partial charge in [-0.05, 0) is 42.7 Å². The van der Waals surface area contributed by atoms with E-state index in [-0.39, 0.29) is 0 Å². The molecule has 0 aliphatic carbocycles. The number of piperidine rings is 1. The molecule has 3 heteroatoms. The number of rotatable bonds is 2. The van der Waals surface area contributed by atoms with Crippen molar-refractivity contribution in [2.45, 2.75) is 18.9 Å². The van der Waals surface area contributed by atoms with Crippen molar-refractivity contribution in [3.05, 3.63) is 53.0 Å². The van der Waals surface area contributed by atoms with E-state index in [0.29, 0.717) is 6.04 Å². The highest BCUT2D eigenvalue weighted by atomic mass is 79.9. The lowest BCUT2D eigenvalue weighted by molar-refractivity contribution is 0.501. The highest BCUT2D eigenvalue weighted by molar-refractivity contribution is 9.10. The molecular weight excluding hydrogens is 312 g/mol. The van der Waals surface area contributed by atoms with Crippen LogP contribution in [-0.2, 0) is 0 Å². The number of nitrogens with two attached hydrogens (primary N) is 1. The summed E-state index contributed by atoms with van der Waals surface area (Å²) in [5.74, 6) is 0. The molecule has 0 bridgehead atoms. The number of nitrogens with zero attached hydrogens (tertiary/aromatic N) is 1. The van der Waals surface area contributed by atoms with Crippen LogP contribution in [0.1, 0.15) is 12.8 Å². The van der Waals surface area contributed by atoms with Crippen LogP contribution in [0.3, 0.4) is 0 Å². The molecule has 1 heterocycles. The van der Waals surface area contributed by atoms with Gasteiger partial charge in [0, 0.05) is 34.9 Å². The summed E-state index contributed by atoms with van der Waals surface area (Å²) in [4.78, 5) is 2.42. The van der Waals surface area contributed by atoms with Crippen LogP contribution < -0.4 is 10.6 Å². The van der Waals surface area contributed by atoms with Gasteiger partial charge in [-0.15, -0.1) is 0 Å².